The van der Waals surface area contributed by atoms with Gasteiger partial charge in [0.25, 0.3) is 0 Å². The van der Waals surface area contributed by atoms with E-state index < -0.39 is 11.9 Å². The molecule has 0 bridgehead atoms. The third kappa shape index (κ3) is 3.06. The van der Waals surface area contributed by atoms with Gasteiger partial charge in [-0.05, 0) is 30.7 Å². The zero-order chi connectivity index (χ0) is 14.7. The van der Waals surface area contributed by atoms with E-state index in [4.69, 9.17) is 5.11 Å². The number of fused-ring (bicyclic) bond motifs is 1. The number of nitrogens with one attached hydrogen (secondary N) is 1. The van der Waals surface area contributed by atoms with Crippen LogP contribution in [0.25, 0.3) is 0 Å². The van der Waals surface area contributed by atoms with Crippen LogP contribution in [0.4, 0.5) is 5.00 Å². The summed E-state index contributed by atoms with van der Waals surface area (Å²) in [4.78, 5) is 23.1. The van der Waals surface area contributed by atoms with Crippen molar-refractivity contribution in [1.82, 2.24) is 0 Å². The fourth-order valence-corrected chi connectivity index (χ4v) is 3.62. The molecule has 0 fully saturated rings. The van der Waals surface area contributed by atoms with Crippen LogP contribution in [-0.4, -0.2) is 17.0 Å². The highest BCUT2D eigenvalue weighted by atomic mass is 32.1. The number of amides is 1. The number of hydrogen-bond donors (Lipinski definition) is 2. The third-order valence-electron chi connectivity index (χ3n) is 3.24. The molecule has 1 amide bonds. The number of rotatable bonds is 3. The molecule has 0 spiro atoms. The van der Waals surface area contributed by atoms with E-state index in [0.717, 1.165) is 41.9 Å². The van der Waals surface area contributed by atoms with Gasteiger partial charge in [-0.3, -0.25) is 4.79 Å². The summed E-state index contributed by atoms with van der Waals surface area (Å²) in [5.74, 6) is -1.13. The van der Waals surface area contributed by atoms with Gasteiger partial charge in [0.15, 0.2) is 0 Å². The second kappa shape index (κ2) is 5.88. The summed E-state index contributed by atoms with van der Waals surface area (Å²) in [6, 6.07) is 2.14. The first-order chi connectivity index (χ1) is 9.51. The molecule has 5 nitrogen and oxygen atoms in total. The molecule has 1 aromatic rings. The van der Waals surface area contributed by atoms with Gasteiger partial charge < -0.3 is 10.4 Å². The number of carboxylic acids is 1. The zero-order valence-corrected chi connectivity index (χ0v) is 11.8. The Morgan fingerprint density at radius 2 is 2.25 bits per heavy atom. The minimum atomic E-state index is -1.18. The van der Waals surface area contributed by atoms with Crippen LogP contribution in [0, 0.1) is 17.2 Å². The lowest BCUT2D eigenvalue weighted by Crippen LogP contribution is -2.10. The highest BCUT2D eigenvalue weighted by Crippen LogP contribution is 2.39. The molecule has 0 radical (unpaired) electrons. The lowest BCUT2D eigenvalue weighted by Gasteiger charge is -2.17. The normalized spacial score (nSPS) is 17.5. The van der Waals surface area contributed by atoms with E-state index in [2.05, 4.69) is 18.3 Å². The van der Waals surface area contributed by atoms with Crippen LogP contribution < -0.4 is 5.32 Å². The highest BCUT2D eigenvalue weighted by molar-refractivity contribution is 7.16. The second-order valence-corrected chi connectivity index (χ2v) is 5.93. The summed E-state index contributed by atoms with van der Waals surface area (Å²) in [6.45, 7) is 2.17. The molecule has 0 saturated heterocycles. The Bertz CT molecular complexity index is 625. The molecule has 104 valence electrons. The van der Waals surface area contributed by atoms with Gasteiger partial charge in [-0.25, -0.2) is 4.79 Å². The van der Waals surface area contributed by atoms with E-state index in [1.54, 1.807) is 0 Å². The van der Waals surface area contributed by atoms with Crippen LogP contribution in [0.1, 0.15) is 29.3 Å². The molecular weight excluding hydrogens is 276 g/mol. The summed E-state index contributed by atoms with van der Waals surface area (Å²) >= 11 is 1.42. The predicted octanol–water partition coefficient (Wildman–Crippen LogP) is 2.32. The highest BCUT2D eigenvalue weighted by Gasteiger charge is 2.24. The average molecular weight is 290 g/mol. The van der Waals surface area contributed by atoms with Crippen LogP contribution >= 0.6 is 11.3 Å². The summed E-state index contributed by atoms with van der Waals surface area (Å²) < 4.78 is 0. The molecule has 1 atom stereocenters. The van der Waals surface area contributed by atoms with Crippen molar-refractivity contribution in [2.24, 2.45) is 5.92 Å². The second-order valence-electron chi connectivity index (χ2n) is 4.83. The molecule has 6 heteroatoms. The maximum absolute atomic E-state index is 11.6. The first-order valence-corrected chi connectivity index (χ1v) is 7.09. The van der Waals surface area contributed by atoms with Crippen molar-refractivity contribution in [3.63, 3.8) is 0 Å². The Morgan fingerprint density at radius 1 is 1.50 bits per heavy atom. The van der Waals surface area contributed by atoms with E-state index in [1.165, 1.54) is 11.3 Å². The average Bonchev–Trinajstić information content (AvgIpc) is 2.72. The van der Waals surface area contributed by atoms with Crippen LogP contribution in [0.15, 0.2) is 12.2 Å². The number of hydrogen-bond acceptors (Lipinski definition) is 4. The van der Waals surface area contributed by atoms with Gasteiger partial charge in [-0.15, -0.1) is 11.3 Å². The van der Waals surface area contributed by atoms with Gasteiger partial charge in [0, 0.05) is 17.0 Å². The fraction of sp³-hybridized carbons (Fsp3) is 0.357. The summed E-state index contributed by atoms with van der Waals surface area (Å²) in [5.41, 5.74) is 1.56. The topological polar surface area (TPSA) is 90.2 Å². The van der Waals surface area contributed by atoms with Crippen LogP contribution in [0.3, 0.4) is 0 Å². The first kappa shape index (κ1) is 14.3. The van der Waals surface area contributed by atoms with Gasteiger partial charge in [0.2, 0.25) is 5.91 Å². The number of carboxylic acid groups (broad SMARTS) is 1. The molecule has 0 aromatic carbocycles. The molecule has 20 heavy (non-hydrogen) atoms. The standard InChI is InChI=1S/C14H14N2O3S/c1-8-2-3-9-10(7-15)14(20-11(9)6-8)16-12(17)4-5-13(18)19/h4-5,8H,2-3,6H2,1H3,(H,16,17)(H,18,19)/b5-4+/t8-/m1/s1. The quantitative estimate of drug-likeness (QED) is 0.836. The lowest BCUT2D eigenvalue weighted by atomic mass is 9.89. The SMILES string of the molecule is C[C@@H]1CCc2c(sc(NC(=O)/C=C/C(=O)O)c2C#N)C1. The number of anilines is 1. The number of aliphatic carboxylic acids is 1. The molecule has 1 heterocycles. The summed E-state index contributed by atoms with van der Waals surface area (Å²) in [7, 11) is 0. The van der Waals surface area contributed by atoms with Crippen LogP contribution in [0.5, 0.6) is 0 Å². The minimum absolute atomic E-state index is 0.520. The zero-order valence-electron chi connectivity index (χ0n) is 11.0. The number of carbonyl (C=O) groups excluding carboxylic acids is 1. The van der Waals surface area contributed by atoms with Gasteiger partial charge in [-0.1, -0.05) is 6.92 Å². The fourth-order valence-electron chi connectivity index (χ4n) is 2.26. The lowest BCUT2D eigenvalue weighted by molar-refractivity contribution is -0.131. The monoisotopic (exact) mass is 290 g/mol. The van der Waals surface area contributed by atoms with Crippen molar-refractivity contribution in [3.8, 4) is 6.07 Å². The summed E-state index contributed by atoms with van der Waals surface area (Å²) in [6.07, 6.45) is 4.55. The number of nitriles is 1. The molecule has 1 aliphatic carbocycles. The maximum atomic E-state index is 11.6. The Morgan fingerprint density at radius 3 is 2.90 bits per heavy atom. The molecule has 1 aromatic heterocycles. The number of thiophene rings is 1. The predicted molar refractivity (Wildman–Crippen MR) is 75.6 cm³/mol. The number of carbonyl (C=O) groups is 2. The minimum Gasteiger partial charge on any atom is -0.478 e. The van der Waals surface area contributed by atoms with Crippen LogP contribution in [-0.2, 0) is 22.4 Å². The molecule has 2 N–H and O–H groups in total. The van der Waals surface area contributed by atoms with E-state index in [1.807, 2.05) is 0 Å². The molecule has 0 saturated carbocycles. The number of nitrogens with zero attached hydrogens (tertiary/aromatic N) is 1. The Balaban J connectivity index is 2.23. The van der Waals surface area contributed by atoms with E-state index in [9.17, 15) is 14.9 Å². The third-order valence-corrected chi connectivity index (χ3v) is 4.41. The molecule has 0 unspecified atom stereocenters. The van der Waals surface area contributed by atoms with Crippen molar-refractivity contribution in [2.75, 3.05) is 5.32 Å². The van der Waals surface area contributed by atoms with Crippen molar-refractivity contribution in [2.45, 2.75) is 26.2 Å². The smallest absolute Gasteiger partial charge is 0.328 e. The van der Waals surface area contributed by atoms with E-state index >= 15 is 0 Å². The maximum Gasteiger partial charge on any atom is 0.328 e. The Labute approximate surface area is 120 Å². The van der Waals surface area contributed by atoms with Crippen molar-refractivity contribution in [1.29, 1.82) is 5.26 Å². The van der Waals surface area contributed by atoms with E-state index in [-0.39, 0.29) is 0 Å². The van der Waals surface area contributed by atoms with Gasteiger partial charge >= 0.3 is 5.97 Å². The van der Waals surface area contributed by atoms with E-state index in [0.29, 0.717) is 16.5 Å². The van der Waals surface area contributed by atoms with Crippen LogP contribution in [0.2, 0.25) is 0 Å². The Kier molecular flexibility index (Phi) is 4.20. The summed E-state index contributed by atoms with van der Waals surface area (Å²) in [5, 5.41) is 20.8. The van der Waals surface area contributed by atoms with Crippen molar-refractivity contribution >= 4 is 28.2 Å². The first-order valence-electron chi connectivity index (χ1n) is 6.28. The molecule has 2 rings (SSSR count). The largest absolute Gasteiger partial charge is 0.478 e. The molecule has 1 aliphatic rings. The molecule has 0 aliphatic heterocycles. The van der Waals surface area contributed by atoms with Gasteiger partial charge in [0.1, 0.15) is 11.1 Å². The van der Waals surface area contributed by atoms with Crippen molar-refractivity contribution < 1.29 is 14.7 Å². The molecular formula is C14H14N2O3S. The van der Waals surface area contributed by atoms with Gasteiger partial charge in [-0.2, -0.15) is 5.26 Å². The van der Waals surface area contributed by atoms with Gasteiger partial charge in [0.05, 0.1) is 5.56 Å². The van der Waals surface area contributed by atoms with Crippen molar-refractivity contribution in [3.05, 3.63) is 28.2 Å². The Hall–Kier alpha value is -2.13.